The number of fused-ring (bicyclic) bond motifs is 1. The molecule has 5 nitrogen and oxygen atoms in total. The summed E-state index contributed by atoms with van der Waals surface area (Å²) in [6, 6.07) is 17.7. The highest BCUT2D eigenvalue weighted by Gasteiger charge is 2.15. The molecule has 0 aliphatic carbocycles. The maximum Gasteiger partial charge on any atom is 0.272 e. The van der Waals surface area contributed by atoms with E-state index in [9.17, 15) is 9.18 Å². The summed E-state index contributed by atoms with van der Waals surface area (Å²) in [5, 5.41) is 4.86. The summed E-state index contributed by atoms with van der Waals surface area (Å²) < 4.78 is 15.7. The topological polar surface area (TPSA) is 51.0 Å². The molecule has 0 unspecified atom stereocenters. The Bertz CT molecular complexity index is 1090. The first-order chi connectivity index (χ1) is 13.1. The summed E-state index contributed by atoms with van der Waals surface area (Å²) in [4.78, 5) is 18.5. The van der Waals surface area contributed by atoms with Crippen LogP contribution in [0.4, 0.5) is 4.39 Å². The molecule has 0 aliphatic heterocycles. The highest BCUT2D eigenvalue weighted by molar-refractivity contribution is 5.94. The van der Waals surface area contributed by atoms with Crippen molar-refractivity contribution in [2.45, 2.75) is 6.54 Å². The van der Waals surface area contributed by atoms with Gasteiger partial charge in [-0.3, -0.25) is 4.79 Å². The zero-order valence-corrected chi connectivity index (χ0v) is 14.7. The highest BCUT2D eigenvalue weighted by atomic mass is 19.1. The van der Waals surface area contributed by atoms with Crippen molar-refractivity contribution in [3.63, 3.8) is 0 Å². The van der Waals surface area contributed by atoms with Gasteiger partial charge >= 0.3 is 0 Å². The van der Waals surface area contributed by atoms with Crippen LogP contribution in [0.2, 0.25) is 0 Å². The monoisotopic (exact) mass is 360 g/mol. The van der Waals surface area contributed by atoms with E-state index in [0.717, 1.165) is 11.3 Å². The van der Waals surface area contributed by atoms with Crippen molar-refractivity contribution in [2.24, 2.45) is 0 Å². The number of hydrogen-bond donors (Lipinski definition) is 0. The number of carbonyl (C=O) groups excluding carboxylic acids is 1. The second kappa shape index (κ2) is 6.99. The molecule has 6 heteroatoms. The summed E-state index contributed by atoms with van der Waals surface area (Å²) in [6.45, 7) is 0.426. The lowest BCUT2D eigenvalue weighted by atomic mass is 10.1. The molecule has 0 spiro atoms. The average molecular weight is 360 g/mol. The minimum absolute atomic E-state index is 0.209. The van der Waals surface area contributed by atoms with Gasteiger partial charge in [0.1, 0.15) is 17.0 Å². The van der Waals surface area contributed by atoms with Crippen LogP contribution in [0.25, 0.3) is 16.6 Å². The molecule has 4 aromatic rings. The van der Waals surface area contributed by atoms with E-state index in [1.54, 1.807) is 47.1 Å². The van der Waals surface area contributed by atoms with E-state index in [-0.39, 0.29) is 17.1 Å². The second-order valence-electron chi connectivity index (χ2n) is 6.29. The molecule has 0 aliphatic rings. The van der Waals surface area contributed by atoms with Gasteiger partial charge in [0.25, 0.3) is 5.91 Å². The van der Waals surface area contributed by atoms with Crippen LogP contribution in [0.15, 0.2) is 73.1 Å². The van der Waals surface area contributed by atoms with Crippen molar-refractivity contribution in [1.29, 1.82) is 0 Å². The van der Waals surface area contributed by atoms with Gasteiger partial charge in [0.15, 0.2) is 0 Å². The summed E-state index contributed by atoms with van der Waals surface area (Å²) in [5.74, 6) is -0.685. The molecule has 0 radical (unpaired) electrons. The molecule has 0 N–H and O–H groups in total. The quantitative estimate of drug-likeness (QED) is 0.556. The first-order valence-corrected chi connectivity index (χ1v) is 8.51. The van der Waals surface area contributed by atoms with Crippen molar-refractivity contribution in [1.82, 2.24) is 19.7 Å². The molecule has 2 heterocycles. The van der Waals surface area contributed by atoms with Gasteiger partial charge in [-0.15, -0.1) is 0 Å². The number of para-hydroxylation sites is 1. The van der Waals surface area contributed by atoms with E-state index in [4.69, 9.17) is 0 Å². The largest absolute Gasteiger partial charge is 0.336 e. The van der Waals surface area contributed by atoms with Crippen LogP contribution >= 0.6 is 0 Å². The molecular formula is C21H17FN4O. The summed E-state index contributed by atoms with van der Waals surface area (Å²) in [7, 11) is 1.71. The van der Waals surface area contributed by atoms with E-state index in [1.807, 2.05) is 36.5 Å². The van der Waals surface area contributed by atoms with Crippen LogP contribution in [0.3, 0.4) is 0 Å². The van der Waals surface area contributed by atoms with Crippen LogP contribution in [-0.4, -0.2) is 32.6 Å². The molecule has 0 saturated heterocycles. The fraction of sp³-hybridized carbons (Fsp3) is 0.0952. The SMILES string of the molecule is CN(Cc1ccc(-n2cccn2)cc1)C(=O)c1ccc2cccc(F)c2n1. The molecular weight excluding hydrogens is 343 g/mol. The van der Waals surface area contributed by atoms with Crippen LogP contribution in [0.1, 0.15) is 16.1 Å². The minimum atomic E-state index is -0.431. The number of pyridine rings is 1. The fourth-order valence-electron chi connectivity index (χ4n) is 2.95. The van der Waals surface area contributed by atoms with E-state index in [0.29, 0.717) is 11.9 Å². The molecule has 27 heavy (non-hydrogen) atoms. The predicted octanol–water partition coefficient (Wildman–Crippen LogP) is 3.83. The van der Waals surface area contributed by atoms with E-state index >= 15 is 0 Å². The number of aromatic nitrogens is 3. The van der Waals surface area contributed by atoms with E-state index in [2.05, 4.69) is 10.1 Å². The number of hydrogen-bond acceptors (Lipinski definition) is 3. The van der Waals surface area contributed by atoms with Crippen LogP contribution < -0.4 is 0 Å². The lowest BCUT2D eigenvalue weighted by molar-refractivity contribution is 0.0779. The first-order valence-electron chi connectivity index (χ1n) is 8.51. The second-order valence-corrected chi connectivity index (χ2v) is 6.29. The van der Waals surface area contributed by atoms with Gasteiger partial charge in [-0.2, -0.15) is 5.10 Å². The third kappa shape index (κ3) is 3.42. The summed E-state index contributed by atoms with van der Waals surface area (Å²) in [5.41, 5.74) is 2.36. The highest BCUT2D eigenvalue weighted by Crippen LogP contribution is 2.17. The molecule has 1 amide bonds. The van der Waals surface area contributed by atoms with Gasteiger partial charge in [-0.25, -0.2) is 14.1 Å². The van der Waals surface area contributed by atoms with Gasteiger partial charge in [0, 0.05) is 31.4 Å². The Morgan fingerprint density at radius 1 is 1.07 bits per heavy atom. The zero-order valence-electron chi connectivity index (χ0n) is 14.7. The molecule has 0 saturated carbocycles. The smallest absolute Gasteiger partial charge is 0.272 e. The zero-order chi connectivity index (χ0) is 18.8. The van der Waals surface area contributed by atoms with Gasteiger partial charge in [-0.05, 0) is 35.9 Å². The average Bonchev–Trinajstić information content (AvgIpc) is 3.23. The van der Waals surface area contributed by atoms with Crippen LogP contribution in [0, 0.1) is 5.82 Å². The van der Waals surface area contributed by atoms with Crippen molar-refractivity contribution >= 4 is 16.8 Å². The van der Waals surface area contributed by atoms with Gasteiger partial charge < -0.3 is 4.90 Å². The molecule has 0 atom stereocenters. The number of carbonyl (C=O) groups is 1. The Balaban J connectivity index is 1.51. The first kappa shape index (κ1) is 16.9. The van der Waals surface area contributed by atoms with Gasteiger partial charge in [0.05, 0.1) is 5.69 Å². The number of benzene rings is 2. The Hall–Kier alpha value is -3.54. The Morgan fingerprint density at radius 2 is 1.89 bits per heavy atom. The van der Waals surface area contributed by atoms with Crippen molar-refractivity contribution in [2.75, 3.05) is 7.05 Å². The minimum Gasteiger partial charge on any atom is -0.336 e. The Kier molecular flexibility index (Phi) is 4.38. The Morgan fingerprint density at radius 3 is 2.63 bits per heavy atom. The third-order valence-electron chi connectivity index (χ3n) is 4.36. The molecule has 0 fully saturated rings. The summed E-state index contributed by atoms with van der Waals surface area (Å²) >= 11 is 0. The number of rotatable bonds is 4. The maximum absolute atomic E-state index is 13.9. The van der Waals surface area contributed by atoms with Crippen molar-refractivity contribution in [3.8, 4) is 5.69 Å². The van der Waals surface area contributed by atoms with E-state index in [1.165, 1.54) is 6.07 Å². The third-order valence-corrected chi connectivity index (χ3v) is 4.36. The number of amides is 1. The molecule has 2 aromatic heterocycles. The van der Waals surface area contributed by atoms with Gasteiger partial charge in [-0.1, -0.05) is 30.3 Å². The molecule has 134 valence electrons. The molecule has 2 aromatic carbocycles. The fourth-order valence-corrected chi connectivity index (χ4v) is 2.95. The number of halogens is 1. The van der Waals surface area contributed by atoms with Crippen LogP contribution in [0.5, 0.6) is 0 Å². The van der Waals surface area contributed by atoms with Crippen molar-refractivity contribution in [3.05, 3.63) is 90.1 Å². The summed E-state index contributed by atoms with van der Waals surface area (Å²) in [6.07, 6.45) is 3.59. The maximum atomic E-state index is 13.9. The van der Waals surface area contributed by atoms with Crippen LogP contribution in [-0.2, 0) is 6.54 Å². The predicted molar refractivity (Wildman–Crippen MR) is 101 cm³/mol. The van der Waals surface area contributed by atoms with Gasteiger partial charge in [0.2, 0.25) is 0 Å². The lowest BCUT2D eigenvalue weighted by Crippen LogP contribution is -2.27. The molecule has 0 bridgehead atoms. The standard InChI is InChI=1S/C21H17FN4O/c1-25(14-15-6-9-17(10-7-15)26-13-3-12-23-26)21(27)19-11-8-16-4-2-5-18(22)20(16)24-19/h2-13H,14H2,1H3. The number of nitrogens with zero attached hydrogens (tertiary/aromatic N) is 4. The van der Waals surface area contributed by atoms with Crippen molar-refractivity contribution < 1.29 is 9.18 Å². The normalized spacial score (nSPS) is 10.9. The molecule has 4 rings (SSSR count). The lowest BCUT2D eigenvalue weighted by Gasteiger charge is -2.17. The Labute approximate surface area is 155 Å². The van der Waals surface area contributed by atoms with E-state index < -0.39 is 5.82 Å².